The second-order valence-corrected chi connectivity index (χ2v) is 4.82. The van der Waals surface area contributed by atoms with Crippen molar-refractivity contribution in [2.45, 2.75) is 31.3 Å². The third-order valence-electron chi connectivity index (χ3n) is 3.07. The quantitative estimate of drug-likeness (QED) is 0.674. The van der Waals surface area contributed by atoms with Crippen LogP contribution in [0.4, 0.5) is 0 Å². The molecule has 0 radical (unpaired) electrons. The van der Waals surface area contributed by atoms with Crippen molar-refractivity contribution < 1.29 is 9.84 Å². The molecular formula is C9H9BrN2O4. The lowest BCUT2D eigenvalue weighted by Gasteiger charge is -2.25. The van der Waals surface area contributed by atoms with E-state index in [1.54, 1.807) is 0 Å². The van der Waals surface area contributed by atoms with Crippen LogP contribution in [0.5, 0.6) is 0 Å². The third kappa shape index (κ3) is 1.25. The summed E-state index contributed by atoms with van der Waals surface area (Å²) >= 11 is 3.16. The molecule has 2 aliphatic heterocycles. The molecule has 0 amide bonds. The normalized spacial score (nSPS) is 31.5. The van der Waals surface area contributed by atoms with Crippen molar-refractivity contribution in [2.75, 3.05) is 0 Å². The molecule has 7 heteroatoms. The van der Waals surface area contributed by atoms with Crippen LogP contribution in [0.25, 0.3) is 0 Å². The van der Waals surface area contributed by atoms with Crippen LogP contribution in [0.2, 0.25) is 0 Å². The average Bonchev–Trinajstić information content (AvgIpc) is 2.51. The molecule has 3 rings (SSSR count). The SMILES string of the molecule is O=c1[nH]c(=O)n2c(c1Br)C[C@H]1O[C@@H]2C[C@@H]1O. The Hall–Kier alpha value is -0.920. The Kier molecular flexibility index (Phi) is 2.10. The van der Waals surface area contributed by atoms with E-state index in [0.29, 0.717) is 23.0 Å². The predicted molar refractivity (Wildman–Crippen MR) is 57.3 cm³/mol. The van der Waals surface area contributed by atoms with Gasteiger partial charge in [-0.3, -0.25) is 14.3 Å². The molecule has 86 valence electrons. The summed E-state index contributed by atoms with van der Waals surface area (Å²) < 4.78 is 7.23. The third-order valence-corrected chi connectivity index (χ3v) is 3.89. The maximum absolute atomic E-state index is 11.7. The lowest BCUT2D eigenvalue weighted by atomic mass is 10.1. The van der Waals surface area contributed by atoms with Gasteiger partial charge in [0.2, 0.25) is 0 Å². The first-order valence-electron chi connectivity index (χ1n) is 4.94. The van der Waals surface area contributed by atoms with Crippen LogP contribution in [0, 0.1) is 0 Å². The van der Waals surface area contributed by atoms with E-state index in [-0.39, 0.29) is 6.10 Å². The smallest absolute Gasteiger partial charge is 0.330 e. The van der Waals surface area contributed by atoms with Crippen molar-refractivity contribution in [3.05, 3.63) is 31.0 Å². The molecule has 1 fully saturated rings. The van der Waals surface area contributed by atoms with Gasteiger partial charge in [-0.2, -0.15) is 0 Å². The highest BCUT2D eigenvalue weighted by Gasteiger charge is 2.41. The lowest BCUT2D eigenvalue weighted by Crippen LogP contribution is -2.40. The number of aliphatic hydroxyl groups excluding tert-OH is 1. The van der Waals surface area contributed by atoms with Gasteiger partial charge in [-0.1, -0.05) is 0 Å². The number of H-pyrrole nitrogens is 1. The number of fused-ring (bicyclic) bond motifs is 4. The minimum Gasteiger partial charge on any atom is -0.390 e. The summed E-state index contributed by atoms with van der Waals surface area (Å²) in [5.74, 6) is 0. The summed E-state index contributed by atoms with van der Waals surface area (Å²) in [7, 11) is 0. The van der Waals surface area contributed by atoms with Gasteiger partial charge in [0.15, 0.2) is 0 Å². The molecule has 2 N–H and O–H groups in total. The molecule has 2 aliphatic rings. The largest absolute Gasteiger partial charge is 0.390 e. The number of halogens is 1. The monoisotopic (exact) mass is 288 g/mol. The lowest BCUT2D eigenvalue weighted by molar-refractivity contribution is -0.0404. The number of nitrogens with one attached hydrogen (secondary N) is 1. The zero-order valence-electron chi connectivity index (χ0n) is 8.14. The molecule has 3 atom stereocenters. The zero-order valence-corrected chi connectivity index (χ0v) is 9.73. The number of aromatic nitrogens is 2. The molecule has 1 aromatic rings. The number of hydrogen-bond acceptors (Lipinski definition) is 4. The van der Waals surface area contributed by atoms with Gasteiger partial charge in [0, 0.05) is 18.5 Å². The first-order chi connectivity index (χ1) is 7.58. The predicted octanol–water partition coefficient (Wildman–Crippen LogP) is -0.496. The first-order valence-corrected chi connectivity index (χ1v) is 5.74. The first kappa shape index (κ1) is 10.2. The maximum atomic E-state index is 11.7. The molecule has 1 aromatic heterocycles. The Balaban J connectivity index is 2.28. The van der Waals surface area contributed by atoms with Crippen molar-refractivity contribution >= 4 is 15.9 Å². The van der Waals surface area contributed by atoms with Gasteiger partial charge >= 0.3 is 5.69 Å². The molecule has 0 spiro atoms. The molecule has 2 bridgehead atoms. The van der Waals surface area contributed by atoms with E-state index < -0.39 is 23.6 Å². The van der Waals surface area contributed by atoms with Crippen LogP contribution in [-0.2, 0) is 11.2 Å². The number of aliphatic hydroxyl groups is 1. The Labute approximate surface area is 98.0 Å². The average molecular weight is 289 g/mol. The van der Waals surface area contributed by atoms with Gasteiger partial charge in [0.1, 0.15) is 10.7 Å². The van der Waals surface area contributed by atoms with Crippen LogP contribution < -0.4 is 11.2 Å². The minimum atomic E-state index is -0.577. The van der Waals surface area contributed by atoms with Gasteiger partial charge in [-0.05, 0) is 15.9 Å². The Bertz CT molecular complexity index is 562. The van der Waals surface area contributed by atoms with E-state index in [9.17, 15) is 14.7 Å². The van der Waals surface area contributed by atoms with E-state index in [0.717, 1.165) is 0 Å². The van der Waals surface area contributed by atoms with E-state index in [2.05, 4.69) is 20.9 Å². The van der Waals surface area contributed by atoms with Crippen LogP contribution in [0.3, 0.4) is 0 Å². The topological polar surface area (TPSA) is 84.3 Å². The second kappa shape index (κ2) is 3.28. The molecule has 0 saturated carbocycles. The van der Waals surface area contributed by atoms with Crippen LogP contribution in [0.15, 0.2) is 14.1 Å². The molecular weight excluding hydrogens is 280 g/mol. The Morgan fingerprint density at radius 1 is 1.50 bits per heavy atom. The highest BCUT2D eigenvalue weighted by Crippen LogP contribution is 2.36. The number of hydrogen-bond donors (Lipinski definition) is 2. The standard InChI is InChI=1S/C9H9BrN2O4/c10-7-3-1-5-4(13)2-6(16-5)12(3)9(15)11-8(7)14/h4-6,13H,1-2H2,(H,11,14,15)/t4-,5+,6+/m0/s1. The van der Waals surface area contributed by atoms with Gasteiger partial charge in [-0.15, -0.1) is 0 Å². The van der Waals surface area contributed by atoms with Gasteiger partial charge in [0.25, 0.3) is 5.56 Å². The van der Waals surface area contributed by atoms with Crippen LogP contribution >= 0.6 is 15.9 Å². The van der Waals surface area contributed by atoms with Crippen molar-refractivity contribution in [1.29, 1.82) is 0 Å². The van der Waals surface area contributed by atoms with Gasteiger partial charge < -0.3 is 9.84 Å². The van der Waals surface area contributed by atoms with E-state index in [4.69, 9.17) is 4.74 Å². The van der Waals surface area contributed by atoms with E-state index in [1.807, 2.05) is 0 Å². The molecule has 0 unspecified atom stereocenters. The molecule has 3 heterocycles. The van der Waals surface area contributed by atoms with E-state index >= 15 is 0 Å². The molecule has 6 nitrogen and oxygen atoms in total. The Morgan fingerprint density at radius 3 is 3.00 bits per heavy atom. The van der Waals surface area contributed by atoms with Crippen molar-refractivity contribution in [3.8, 4) is 0 Å². The fourth-order valence-corrected chi connectivity index (χ4v) is 2.76. The summed E-state index contributed by atoms with van der Waals surface area (Å²) in [6, 6.07) is 0. The zero-order chi connectivity index (χ0) is 11.4. The molecule has 1 saturated heterocycles. The van der Waals surface area contributed by atoms with Gasteiger partial charge in [0.05, 0.1) is 12.2 Å². The molecule has 16 heavy (non-hydrogen) atoms. The molecule has 0 aliphatic carbocycles. The number of nitrogens with zero attached hydrogens (tertiary/aromatic N) is 1. The highest BCUT2D eigenvalue weighted by molar-refractivity contribution is 9.10. The van der Waals surface area contributed by atoms with E-state index in [1.165, 1.54) is 4.57 Å². The van der Waals surface area contributed by atoms with Gasteiger partial charge in [-0.25, -0.2) is 4.79 Å². The fourth-order valence-electron chi connectivity index (χ4n) is 2.31. The van der Waals surface area contributed by atoms with Crippen molar-refractivity contribution in [2.24, 2.45) is 0 Å². The summed E-state index contributed by atoms with van der Waals surface area (Å²) in [4.78, 5) is 25.3. The summed E-state index contributed by atoms with van der Waals surface area (Å²) in [6.07, 6.45) is -0.605. The van der Waals surface area contributed by atoms with Crippen LogP contribution in [0.1, 0.15) is 18.3 Å². The summed E-state index contributed by atoms with van der Waals surface area (Å²) in [5, 5.41) is 9.68. The van der Waals surface area contributed by atoms with Crippen molar-refractivity contribution in [3.63, 3.8) is 0 Å². The summed E-state index contributed by atoms with van der Waals surface area (Å²) in [6.45, 7) is 0. The van der Waals surface area contributed by atoms with Crippen molar-refractivity contribution in [1.82, 2.24) is 9.55 Å². The highest BCUT2D eigenvalue weighted by atomic mass is 79.9. The minimum absolute atomic E-state index is 0.317. The summed E-state index contributed by atoms with van der Waals surface area (Å²) in [5.41, 5.74) is -0.320. The fraction of sp³-hybridized carbons (Fsp3) is 0.556. The number of rotatable bonds is 0. The second-order valence-electron chi connectivity index (χ2n) is 4.03. The number of aromatic amines is 1. The molecule has 0 aromatic carbocycles. The maximum Gasteiger partial charge on any atom is 0.330 e. The van der Waals surface area contributed by atoms with Crippen LogP contribution in [-0.4, -0.2) is 26.9 Å². The number of ether oxygens (including phenoxy) is 1. The Morgan fingerprint density at radius 2 is 2.25 bits per heavy atom.